The van der Waals surface area contributed by atoms with Gasteiger partial charge in [0.15, 0.2) is 0 Å². The summed E-state index contributed by atoms with van der Waals surface area (Å²) >= 11 is 7.36. The second-order valence-corrected chi connectivity index (χ2v) is 8.23. The number of benzene rings is 2. The zero-order valence-corrected chi connectivity index (χ0v) is 17.5. The van der Waals surface area contributed by atoms with E-state index >= 15 is 0 Å². The minimum absolute atomic E-state index is 0.0138. The maximum absolute atomic E-state index is 12.5. The van der Waals surface area contributed by atoms with E-state index in [1.54, 1.807) is 12.1 Å². The smallest absolute Gasteiger partial charge is 0.226 e. The highest BCUT2D eigenvalue weighted by atomic mass is 35.5. The number of hydrogen-bond acceptors (Lipinski definition) is 4. The monoisotopic (exact) mass is 414 g/mol. The molecule has 0 spiro atoms. The second kappa shape index (κ2) is 9.71. The van der Waals surface area contributed by atoms with Crippen molar-refractivity contribution in [3.05, 3.63) is 81.3 Å². The van der Waals surface area contributed by atoms with Crippen molar-refractivity contribution in [2.75, 3.05) is 0 Å². The van der Waals surface area contributed by atoms with Gasteiger partial charge in [-0.05, 0) is 35.7 Å². The lowest BCUT2D eigenvalue weighted by molar-refractivity contribution is -0.121. The summed E-state index contributed by atoms with van der Waals surface area (Å²) in [5, 5.41) is 6.55. The van der Waals surface area contributed by atoms with E-state index in [1.165, 1.54) is 11.3 Å². The Morgan fingerprint density at radius 2 is 1.86 bits per heavy atom. The standard InChI is InChI=1S/C22H23ClN2O2S/c1-15(2)22(16-6-4-3-5-7-16)25-20(26)12-18-14-28-21(24-18)13-27-19-10-8-17(23)9-11-19/h3-11,14-15,22H,12-13H2,1-2H3,(H,25,26). The lowest BCUT2D eigenvalue weighted by Crippen LogP contribution is -2.32. The largest absolute Gasteiger partial charge is 0.486 e. The molecule has 4 nitrogen and oxygen atoms in total. The van der Waals surface area contributed by atoms with Crippen LogP contribution in [0.5, 0.6) is 5.75 Å². The minimum Gasteiger partial charge on any atom is -0.486 e. The Bertz CT molecular complexity index is 894. The van der Waals surface area contributed by atoms with Gasteiger partial charge in [0.1, 0.15) is 17.4 Å². The van der Waals surface area contributed by atoms with Crippen LogP contribution in [0.3, 0.4) is 0 Å². The quantitative estimate of drug-likeness (QED) is 0.534. The van der Waals surface area contributed by atoms with E-state index in [1.807, 2.05) is 47.8 Å². The second-order valence-electron chi connectivity index (χ2n) is 6.85. The number of carbonyl (C=O) groups is 1. The molecule has 0 saturated carbocycles. The molecule has 0 aliphatic carbocycles. The van der Waals surface area contributed by atoms with E-state index in [0.29, 0.717) is 17.5 Å². The summed E-state index contributed by atoms with van der Waals surface area (Å²) in [5.41, 5.74) is 1.87. The Hall–Kier alpha value is -2.37. The number of amides is 1. The molecule has 0 fully saturated rings. The van der Waals surface area contributed by atoms with Crippen molar-refractivity contribution in [1.82, 2.24) is 10.3 Å². The van der Waals surface area contributed by atoms with Crippen molar-refractivity contribution >= 4 is 28.8 Å². The van der Waals surface area contributed by atoms with Crippen molar-refractivity contribution < 1.29 is 9.53 Å². The summed E-state index contributed by atoms with van der Waals surface area (Å²) in [6.45, 7) is 4.58. The Balaban J connectivity index is 1.55. The fourth-order valence-corrected chi connectivity index (χ4v) is 3.69. The first-order chi connectivity index (χ1) is 13.5. The number of rotatable bonds is 8. The summed E-state index contributed by atoms with van der Waals surface area (Å²) < 4.78 is 5.71. The third-order valence-corrected chi connectivity index (χ3v) is 5.38. The molecular weight excluding hydrogens is 392 g/mol. The van der Waals surface area contributed by atoms with E-state index in [9.17, 15) is 4.79 Å². The molecule has 1 unspecified atom stereocenters. The molecule has 0 bridgehead atoms. The van der Waals surface area contributed by atoms with Gasteiger partial charge >= 0.3 is 0 Å². The lowest BCUT2D eigenvalue weighted by Gasteiger charge is -2.22. The molecule has 0 saturated heterocycles. The normalized spacial score (nSPS) is 12.0. The van der Waals surface area contributed by atoms with Crippen LogP contribution in [0.2, 0.25) is 5.02 Å². The van der Waals surface area contributed by atoms with Crippen molar-refractivity contribution in [2.24, 2.45) is 5.92 Å². The Labute approximate surface area is 174 Å². The van der Waals surface area contributed by atoms with E-state index in [-0.39, 0.29) is 18.4 Å². The van der Waals surface area contributed by atoms with Gasteiger partial charge in [-0.1, -0.05) is 55.8 Å². The first-order valence-corrected chi connectivity index (χ1v) is 10.4. The van der Waals surface area contributed by atoms with Crippen LogP contribution in [-0.2, 0) is 17.8 Å². The molecule has 146 valence electrons. The zero-order valence-electron chi connectivity index (χ0n) is 15.9. The minimum atomic E-state index is -0.0296. The number of nitrogens with one attached hydrogen (secondary N) is 1. The summed E-state index contributed by atoms with van der Waals surface area (Å²) in [5.74, 6) is 1.00. The molecule has 0 aliphatic heterocycles. The average molecular weight is 415 g/mol. The summed E-state index contributed by atoms with van der Waals surface area (Å²) in [4.78, 5) is 17.0. The SMILES string of the molecule is CC(C)C(NC(=O)Cc1csc(COc2ccc(Cl)cc2)n1)c1ccccc1. The molecule has 3 rings (SSSR count). The van der Waals surface area contributed by atoms with Gasteiger partial charge < -0.3 is 10.1 Å². The Kier molecular flexibility index (Phi) is 7.06. The van der Waals surface area contributed by atoms with E-state index in [2.05, 4.69) is 24.1 Å². The van der Waals surface area contributed by atoms with Gasteiger partial charge in [-0.3, -0.25) is 4.79 Å². The van der Waals surface area contributed by atoms with Crippen molar-refractivity contribution in [1.29, 1.82) is 0 Å². The third-order valence-electron chi connectivity index (χ3n) is 4.26. The number of halogens is 1. The fourth-order valence-electron chi connectivity index (χ4n) is 2.86. The molecule has 6 heteroatoms. The van der Waals surface area contributed by atoms with Crippen LogP contribution >= 0.6 is 22.9 Å². The van der Waals surface area contributed by atoms with Gasteiger partial charge in [-0.25, -0.2) is 4.98 Å². The number of ether oxygens (including phenoxy) is 1. The maximum Gasteiger partial charge on any atom is 0.226 e. The zero-order chi connectivity index (χ0) is 19.9. The lowest BCUT2D eigenvalue weighted by atomic mass is 9.96. The topological polar surface area (TPSA) is 51.2 Å². The molecular formula is C22H23ClN2O2S. The number of carbonyl (C=O) groups excluding carboxylic acids is 1. The summed E-state index contributed by atoms with van der Waals surface area (Å²) in [7, 11) is 0. The van der Waals surface area contributed by atoms with Gasteiger partial charge in [0.05, 0.1) is 18.2 Å². The van der Waals surface area contributed by atoms with Gasteiger partial charge in [0, 0.05) is 10.4 Å². The molecule has 1 aromatic heterocycles. The van der Waals surface area contributed by atoms with E-state index in [0.717, 1.165) is 22.0 Å². The van der Waals surface area contributed by atoms with Crippen LogP contribution in [0.4, 0.5) is 0 Å². The predicted octanol–water partition coefficient (Wildman–Crippen LogP) is 5.43. The summed E-state index contributed by atoms with van der Waals surface area (Å²) in [6.07, 6.45) is 0.257. The van der Waals surface area contributed by atoms with Crippen LogP contribution in [0.25, 0.3) is 0 Å². The molecule has 0 radical (unpaired) electrons. The van der Waals surface area contributed by atoms with Crippen LogP contribution in [0.15, 0.2) is 60.0 Å². The van der Waals surface area contributed by atoms with Crippen LogP contribution in [-0.4, -0.2) is 10.9 Å². The number of aromatic nitrogens is 1. The van der Waals surface area contributed by atoms with Crippen LogP contribution < -0.4 is 10.1 Å². The first kappa shape index (κ1) is 20.4. The van der Waals surface area contributed by atoms with Gasteiger partial charge in [0.2, 0.25) is 5.91 Å². The molecule has 1 amide bonds. The van der Waals surface area contributed by atoms with Gasteiger partial charge in [-0.2, -0.15) is 0 Å². The van der Waals surface area contributed by atoms with Gasteiger partial charge in [0.25, 0.3) is 0 Å². The number of thiazole rings is 1. The predicted molar refractivity (Wildman–Crippen MR) is 114 cm³/mol. The highest BCUT2D eigenvalue weighted by molar-refractivity contribution is 7.09. The van der Waals surface area contributed by atoms with Crippen molar-refractivity contribution in [2.45, 2.75) is 32.9 Å². The molecule has 1 heterocycles. The number of hydrogen-bond donors (Lipinski definition) is 1. The molecule has 0 aliphatic rings. The number of nitrogens with zero attached hydrogens (tertiary/aromatic N) is 1. The first-order valence-electron chi connectivity index (χ1n) is 9.17. The van der Waals surface area contributed by atoms with Gasteiger partial charge in [-0.15, -0.1) is 11.3 Å². The molecule has 1 N–H and O–H groups in total. The highest BCUT2D eigenvalue weighted by Gasteiger charge is 2.19. The molecule has 28 heavy (non-hydrogen) atoms. The molecule has 1 atom stereocenters. The van der Waals surface area contributed by atoms with Crippen molar-refractivity contribution in [3.8, 4) is 5.75 Å². The molecule has 2 aromatic carbocycles. The van der Waals surface area contributed by atoms with E-state index in [4.69, 9.17) is 16.3 Å². The fraction of sp³-hybridized carbons (Fsp3) is 0.273. The van der Waals surface area contributed by atoms with Crippen LogP contribution in [0.1, 0.15) is 36.2 Å². The van der Waals surface area contributed by atoms with Crippen LogP contribution in [0, 0.1) is 5.92 Å². The molecule has 3 aromatic rings. The highest BCUT2D eigenvalue weighted by Crippen LogP contribution is 2.22. The maximum atomic E-state index is 12.5. The third kappa shape index (κ3) is 5.81. The van der Waals surface area contributed by atoms with Crippen molar-refractivity contribution in [3.63, 3.8) is 0 Å². The summed E-state index contributed by atoms with van der Waals surface area (Å²) in [6, 6.07) is 17.2. The Morgan fingerprint density at radius 3 is 2.54 bits per heavy atom. The average Bonchev–Trinajstić information content (AvgIpc) is 3.13. The Morgan fingerprint density at radius 1 is 1.14 bits per heavy atom. The van der Waals surface area contributed by atoms with E-state index < -0.39 is 0 Å².